The van der Waals surface area contributed by atoms with E-state index in [4.69, 9.17) is 16.3 Å². The molecule has 0 aliphatic heterocycles. The Morgan fingerprint density at radius 2 is 1.71 bits per heavy atom. The number of para-hydroxylation sites is 1. The number of halogens is 1. The molecule has 1 N–H and O–H groups in total. The van der Waals surface area contributed by atoms with Crippen molar-refractivity contribution in [1.82, 2.24) is 0 Å². The minimum Gasteiger partial charge on any atom is -0.494 e. The summed E-state index contributed by atoms with van der Waals surface area (Å²) in [6, 6.07) is 17.6. The Balaban J connectivity index is 1.74. The number of aliphatic hydroxyl groups excluding tert-OH is 1. The van der Waals surface area contributed by atoms with Crippen molar-refractivity contribution in [2.75, 3.05) is 13.2 Å². The van der Waals surface area contributed by atoms with E-state index in [1.165, 1.54) is 0 Å². The highest BCUT2D eigenvalue weighted by Crippen LogP contribution is 2.21. The SMILES string of the molecule is OCC(CCCOc1ccccc1)Cc1ccccc1Cl. The van der Waals surface area contributed by atoms with Crippen molar-refractivity contribution in [3.05, 3.63) is 65.2 Å². The maximum Gasteiger partial charge on any atom is 0.119 e. The molecular formula is C18H21ClO2. The molecule has 0 aliphatic carbocycles. The van der Waals surface area contributed by atoms with Gasteiger partial charge in [-0.3, -0.25) is 0 Å². The van der Waals surface area contributed by atoms with Crippen LogP contribution < -0.4 is 4.74 Å². The third kappa shape index (κ3) is 5.41. The molecule has 2 nitrogen and oxygen atoms in total. The Morgan fingerprint density at radius 3 is 2.43 bits per heavy atom. The van der Waals surface area contributed by atoms with Gasteiger partial charge in [-0.25, -0.2) is 0 Å². The van der Waals surface area contributed by atoms with E-state index in [2.05, 4.69) is 0 Å². The summed E-state index contributed by atoms with van der Waals surface area (Å²) in [6.45, 7) is 0.847. The fraction of sp³-hybridized carbons (Fsp3) is 0.333. The Hall–Kier alpha value is -1.51. The Labute approximate surface area is 131 Å². The molecule has 3 heteroatoms. The summed E-state index contributed by atoms with van der Waals surface area (Å²) in [5, 5.41) is 10.3. The van der Waals surface area contributed by atoms with Crippen LogP contribution in [0.1, 0.15) is 18.4 Å². The first kappa shape index (κ1) is 15.9. The standard InChI is InChI=1S/C18H21ClO2/c19-18-11-5-4-8-16(18)13-15(14-20)7-6-12-21-17-9-2-1-3-10-17/h1-5,8-11,15,20H,6-7,12-14H2. The van der Waals surface area contributed by atoms with Gasteiger partial charge in [0.05, 0.1) is 6.61 Å². The molecule has 0 spiro atoms. The molecule has 2 aromatic rings. The van der Waals surface area contributed by atoms with E-state index >= 15 is 0 Å². The smallest absolute Gasteiger partial charge is 0.119 e. The average molecular weight is 305 g/mol. The van der Waals surface area contributed by atoms with E-state index in [-0.39, 0.29) is 12.5 Å². The molecule has 0 saturated carbocycles. The summed E-state index contributed by atoms with van der Waals surface area (Å²) in [7, 11) is 0. The van der Waals surface area contributed by atoms with Crippen LogP contribution in [0, 0.1) is 5.92 Å². The van der Waals surface area contributed by atoms with Crippen molar-refractivity contribution < 1.29 is 9.84 Å². The van der Waals surface area contributed by atoms with Crippen LogP contribution in [0.15, 0.2) is 54.6 Å². The lowest BCUT2D eigenvalue weighted by Crippen LogP contribution is -2.12. The van der Waals surface area contributed by atoms with Crippen LogP contribution in [0.3, 0.4) is 0 Å². The molecular weight excluding hydrogens is 284 g/mol. The normalized spacial score (nSPS) is 12.1. The fourth-order valence-corrected chi connectivity index (χ4v) is 2.52. The molecule has 0 aromatic heterocycles. The van der Waals surface area contributed by atoms with Crippen LogP contribution in [0.25, 0.3) is 0 Å². The number of hydrogen-bond acceptors (Lipinski definition) is 2. The molecule has 0 bridgehead atoms. The Morgan fingerprint density at radius 1 is 1.00 bits per heavy atom. The lowest BCUT2D eigenvalue weighted by molar-refractivity contribution is 0.205. The highest BCUT2D eigenvalue weighted by atomic mass is 35.5. The van der Waals surface area contributed by atoms with Crippen molar-refractivity contribution in [2.24, 2.45) is 5.92 Å². The van der Waals surface area contributed by atoms with E-state index in [9.17, 15) is 5.11 Å². The predicted molar refractivity (Wildman–Crippen MR) is 86.9 cm³/mol. The summed E-state index contributed by atoms with van der Waals surface area (Å²) in [5.41, 5.74) is 1.10. The van der Waals surface area contributed by atoms with Crippen molar-refractivity contribution in [3.63, 3.8) is 0 Å². The van der Waals surface area contributed by atoms with Gasteiger partial charge in [0.2, 0.25) is 0 Å². The van der Waals surface area contributed by atoms with Crippen LogP contribution in [-0.2, 0) is 6.42 Å². The van der Waals surface area contributed by atoms with Crippen LogP contribution in [0.2, 0.25) is 5.02 Å². The van der Waals surface area contributed by atoms with Crippen molar-refractivity contribution in [2.45, 2.75) is 19.3 Å². The van der Waals surface area contributed by atoms with E-state index in [1.807, 2.05) is 54.6 Å². The highest BCUT2D eigenvalue weighted by Gasteiger charge is 2.10. The molecule has 2 aromatic carbocycles. The topological polar surface area (TPSA) is 29.5 Å². The molecule has 0 radical (unpaired) electrons. The predicted octanol–water partition coefficient (Wildman–Crippen LogP) is 4.35. The lowest BCUT2D eigenvalue weighted by atomic mass is 9.95. The second-order valence-electron chi connectivity index (χ2n) is 5.15. The summed E-state index contributed by atoms with van der Waals surface area (Å²) >= 11 is 6.16. The molecule has 1 atom stereocenters. The molecule has 0 saturated heterocycles. The van der Waals surface area contributed by atoms with Gasteiger partial charge in [-0.15, -0.1) is 0 Å². The molecule has 112 valence electrons. The van der Waals surface area contributed by atoms with Gasteiger partial charge < -0.3 is 9.84 Å². The number of ether oxygens (including phenoxy) is 1. The third-order valence-electron chi connectivity index (χ3n) is 3.49. The first-order valence-corrected chi connectivity index (χ1v) is 7.69. The van der Waals surface area contributed by atoms with Crippen molar-refractivity contribution in [3.8, 4) is 5.75 Å². The van der Waals surface area contributed by atoms with Gasteiger partial charge >= 0.3 is 0 Å². The van der Waals surface area contributed by atoms with Gasteiger partial charge in [0.25, 0.3) is 0 Å². The summed E-state index contributed by atoms with van der Waals surface area (Å²) < 4.78 is 5.67. The number of aliphatic hydroxyl groups is 1. The van der Waals surface area contributed by atoms with Crippen LogP contribution in [0.4, 0.5) is 0 Å². The molecule has 2 rings (SSSR count). The van der Waals surface area contributed by atoms with E-state index in [1.54, 1.807) is 0 Å². The second kappa shape index (κ2) is 8.71. The van der Waals surface area contributed by atoms with Gasteiger partial charge in [0, 0.05) is 11.6 Å². The maximum atomic E-state index is 9.51. The molecule has 0 fully saturated rings. The first-order valence-electron chi connectivity index (χ1n) is 7.31. The second-order valence-corrected chi connectivity index (χ2v) is 5.56. The zero-order valence-electron chi connectivity index (χ0n) is 12.0. The lowest BCUT2D eigenvalue weighted by Gasteiger charge is -2.15. The van der Waals surface area contributed by atoms with E-state index in [0.29, 0.717) is 6.61 Å². The molecule has 0 heterocycles. The van der Waals surface area contributed by atoms with E-state index in [0.717, 1.165) is 35.6 Å². The minimum atomic E-state index is 0.177. The zero-order valence-corrected chi connectivity index (χ0v) is 12.8. The first-order chi connectivity index (χ1) is 10.3. The average Bonchev–Trinajstić information content (AvgIpc) is 2.53. The van der Waals surface area contributed by atoms with E-state index < -0.39 is 0 Å². The zero-order chi connectivity index (χ0) is 14.9. The number of benzene rings is 2. The Kier molecular flexibility index (Phi) is 6.58. The van der Waals surface area contributed by atoms with Gasteiger partial charge in [-0.05, 0) is 48.9 Å². The van der Waals surface area contributed by atoms with Crippen molar-refractivity contribution in [1.29, 1.82) is 0 Å². The summed E-state index contributed by atoms with van der Waals surface area (Å²) in [5.74, 6) is 1.12. The van der Waals surface area contributed by atoms with Crippen LogP contribution in [0.5, 0.6) is 5.75 Å². The molecule has 1 unspecified atom stereocenters. The highest BCUT2D eigenvalue weighted by molar-refractivity contribution is 6.31. The Bertz CT molecular complexity index is 528. The van der Waals surface area contributed by atoms with Gasteiger partial charge in [0.15, 0.2) is 0 Å². The molecule has 0 aliphatic rings. The van der Waals surface area contributed by atoms with Gasteiger partial charge in [0.1, 0.15) is 5.75 Å². The maximum absolute atomic E-state index is 9.51. The van der Waals surface area contributed by atoms with Crippen LogP contribution >= 0.6 is 11.6 Å². The van der Waals surface area contributed by atoms with Gasteiger partial charge in [-0.1, -0.05) is 48.0 Å². The number of rotatable bonds is 8. The number of hydrogen-bond donors (Lipinski definition) is 1. The summed E-state index contributed by atoms with van der Waals surface area (Å²) in [4.78, 5) is 0. The quantitative estimate of drug-likeness (QED) is 0.735. The van der Waals surface area contributed by atoms with Gasteiger partial charge in [-0.2, -0.15) is 0 Å². The van der Waals surface area contributed by atoms with Crippen molar-refractivity contribution >= 4 is 11.6 Å². The summed E-state index contributed by atoms with van der Waals surface area (Å²) in [6.07, 6.45) is 2.65. The monoisotopic (exact) mass is 304 g/mol. The molecule has 21 heavy (non-hydrogen) atoms. The fourth-order valence-electron chi connectivity index (χ4n) is 2.31. The van der Waals surface area contributed by atoms with Crippen LogP contribution in [-0.4, -0.2) is 18.3 Å². The minimum absolute atomic E-state index is 0.177. The third-order valence-corrected chi connectivity index (χ3v) is 3.86. The largest absolute Gasteiger partial charge is 0.494 e. The molecule has 0 amide bonds.